The zero-order chi connectivity index (χ0) is 7.98. The second-order valence-corrected chi connectivity index (χ2v) is 2.47. The molecule has 0 aromatic heterocycles. The molecular weight excluding hydrogens is 122 g/mol. The molecule has 1 heteroatoms. The van der Waals surface area contributed by atoms with Gasteiger partial charge in [0.25, 0.3) is 0 Å². The van der Waals surface area contributed by atoms with Gasteiger partial charge in [-0.1, -0.05) is 25.7 Å². The van der Waals surface area contributed by atoms with Crippen LogP contribution < -0.4 is 5.32 Å². The van der Waals surface area contributed by atoms with Crippen LogP contribution in [0.15, 0.2) is 0 Å². The molecule has 0 radical (unpaired) electrons. The maximum absolute atomic E-state index is 5.23. The van der Waals surface area contributed by atoms with Crippen molar-refractivity contribution in [3.8, 4) is 24.7 Å². The zero-order valence-electron chi connectivity index (χ0n) is 6.52. The molecule has 0 amide bonds. The molecule has 0 aromatic rings. The van der Waals surface area contributed by atoms with Crippen molar-refractivity contribution in [1.82, 2.24) is 5.32 Å². The Labute approximate surface area is 63.2 Å². The summed E-state index contributed by atoms with van der Waals surface area (Å²) in [5, 5.41) is 3.05. The van der Waals surface area contributed by atoms with Gasteiger partial charge in [0, 0.05) is 0 Å². The van der Waals surface area contributed by atoms with Gasteiger partial charge < -0.3 is 0 Å². The first-order valence-corrected chi connectivity index (χ1v) is 3.35. The molecule has 10 heavy (non-hydrogen) atoms. The van der Waals surface area contributed by atoms with E-state index in [9.17, 15) is 0 Å². The van der Waals surface area contributed by atoms with Crippen LogP contribution in [0.25, 0.3) is 0 Å². The van der Waals surface area contributed by atoms with Gasteiger partial charge in [0.2, 0.25) is 0 Å². The van der Waals surface area contributed by atoms with Gasteiger partial charge in [-0.2, -0.15) is 0 Å². The largest absolute Gasteiger partial charge is 0.293 e. The average Bonchev–Trinajstić information content (AvgIpc) is 1.89. The molecular formula is C9H13N. The third kappa shape index (κ3) is 3.17. The number of nitrogens with one attached hydrogen (secondary N) is 1. The van der Waals surface area contributed by atoms with Crippen LogP contribution in [0, 0.1) is 30.6 Å². The SMILES string of the molecule is C#CCNC(C#C)C(C)C. The van der Waals surface area contributed by atoms with E-state index in [4.69, 9.17) is 12.8 Å². The predicted molar refractivity (Wildman–Crippen MR) is 44.3 cm³/mol. The van der Waals surface area contributed by atoms with Crippen LogP contribution in [0.1, 0.15) is 13.8 Å². The minimum atomic E-state index is 0.107. The highest BCUT2D eigenvalue weighted by atomic mass is 14.9. The molecule has 0 aliphatic carbocycles. The number of terminal acetylenes is 2. The Bertz CT molecular complexity index is 157. The van der Waals surface area contributed by atoms with Gasteiger partial charge >= 0.3 is 0 Å². The lowest BCUT2D eigenvalue weighted by Crippen LogP contribution is -2.32. The smallest absolute Gasteiger partial charge is 0.0717 e. The van der Waals surface area contributed by atoms with E-state index in [0.29, 0.717) is 12.5 Å². The third-order valence-corrected chi connectivity index (χ3v) is 1.27. The molecule has 0 aliphatic heterocycles. The molecule has 1 nitrogen and oxygen atoms in total. The first-order valence-electron chi connectivity index (χ1n) is 3.35. The highest BCUT2D eigenvalue weighted by molar-refractivity contribution is 5.02. The van der Waals surface area contributed by atoms with Gasteiger partial charge in [-0.15, -0.1) is 12.8 Å². The average molecular weight is 135 g/mol. The summed E-state index contributed by atoms with van der Waals surface area (Å²) in [6.07, 6.45) is 10.3. The number of rotatable bonds is 3. The maximum Gasteiger partial charge on any atom is 0.0717 e. The molecule has 0 spiro atoms. The van der Waals surface area contributed by atoms with Crippen molar-refractivity contribution in [2.75, 3.05) is 6.54 Å². The van der Waals surface area contributed by atoms with Gasteiger partial charge in [0.15, 0.2) is 0 Å². The van der Waals surface area contributed by atoms with Gasteiger partial charge in [0.05, 0.1) is 12.6 Å². The minimum absolute atomic E-state index is 0.107. The topological polar surface area (TPSA) is 12.0 Å². The van der Waals surface area contributed by atoms with E-state index in [0.717, 1.165) is 0 Å². The van der Waals surface area contributed by atoms with Gasteiger partial charge in [0.1, 0.15) is 0 Å². The lowest BCUT2D eigenvalue weighted by Gasteiger charge is -2.13. The molecule has 0 aliphatic rings. The van der Waals surface area contributed by atoms with Crippen LogP contribution in [0.4, 0.5) is 0 Å². The standard InChI is InChI=1S/C9H13N/c1-5-7-10-9(6-2)8(3)4/h1-2,8-10H,7H2,3-4H3. The van der Waals surface area contributed by atoms with E-state index >= 15 is 0 Å². The predicted octanol–water partition coefficient (Wildman–Crippen LogP) is 0.867. The van der Waals surface area contributed by atoms with E-state index in [1.54, 1.807) is 0 Å². The molecule has 0 bridgehead atoms. The van der Waals surface area contributed by atoms with Crippen LogP contribution >= 0.6 is 0 Å². The highest BCUT2D eigenvalue weighted by Crippen LogP contribution is 1.98. The molecule has 0 heterocycles. The summed E-state index contributed by atoms with van der Waals surface area (Å²) in [5.41, 5.74) is 0. The molecule has 0 saturated carbocycles. The monoisotopic (exact) mass is 135 g/mol. The lowest BCUT2D eigenvalue weighted by atomic mass is 10.1. The molecule has 0 aromatic carbocycles. The van der Waals surface area contributed by atoms with Crippen molar-refractivity contribution >= 4 is 0 Å². The summed E-state index contributed by atoms with van der Waals surface area (Å²) < 4.78 is 0. The van der Waals surface area contributed by atoms with Crippen LogP contribution in [0.3, 0.4) is 0 Å². The molecule has 1 atom stereocenters. The molecule has 1 unspecified atom stereocenters. The van der Waals surface area contributed by atoms with E-state index in [1.165, 1.54) is 0 Å². The number of hydrogen-bond acceptors (Lipinski definition) is 1. The molecule has 1 N–H and O–H groups in total. The fourth-order valence-corrected chi connectivity index (χ4v) is 0.656. The maximum atomic E-state index is 5.23. The number of hydrogen-bond donors (Lipinski definition) is 1. The second kappa shape index (κ2) is 4.91. The summed E-state index contributed by atoms with van der Waals surface area (Å²) in [6, 6.07) is 0.107. The van der Waals surface area contributed by atoms with Crippen molar-refractivity contribution in [1.29, 1.82) is 0 Å². The molecule has 54 valence electrons. The van der Waals surface area contributed by atoms with Crippen LogP contribution in [0.2, 0.25) is 0 Å². The van der Waals surface area contributed by atoms with Crippen molar-refractivity contribution in [2.24, 2.45) is 5.92 Å². The summed E-state index contributed by atoms with van der Waals surface area (Å²) in [6.45, 7) is 4.68. The normalized spacial score (nSPS) is 12.1. The Morgan fingerprint density at radius 3 is 2.30 bits per heavy atom. The van der Waals surface area contributed by atoms with Crippen molar-refractivity contribution in [2.45, 2.75) is 19.9 Å². The zero-order valence-corrected chi connectivity index (χ0v) is 6.52. The second-order valence-electron chi connectivity index (χ2n) is 2.47. The first kappa shape index (κ1) is 9.08. The Balaban J connectivity index is 3.66. The van der Waals surface area contributed by atoms with Gasteiger partial charge in [-0.25, -0.2) is 0 Å². The van der Waals surface area contributed by atoms with E-state index in [1.807, 2.05) is 0 Å². The first-order chi connectivity index (χ1) is 4.72. The minimum Gasteiger partial charge on any atom is -0.293 e. The fraction of sp³-hybridized carbons (Fsp3) is 0.556. The Kier molecular flexibility index (Phi) is 4.46. The van der Waals surface area contributed by atoms with E-state index < -0.39 is 0 Å². The molecule has 0 fully saturated rings. The van der Waals surface area contributed by atoms with Crippen LogP contribution in [0.5, 0.6) is 0 Å². The highest BCUT2D eigenvalue weighted by Gasteiger charge is 2.06. The molecule has 0 rings (SSSR count). The fourth-order valence-electron chi connectivity index (χ4n) is 0.656. The van der Waals surface area contributed by atoms with Crippen molar-refractivity contribution in [3.63, 3.8) is 0 Å². The third-order valence-electron chi connectivity index (χ3n) is 1.27. The van der Waals surface area contributed by atoms with E-state index in [-0.39, 0.29) is 6.04 Å². The quantitative estimate of drug-likeness (QED) is 0.566. The van der Waals surface area contributed by atoms with Crippen molar-refractivity contribution < 1.29 is 0 Å². The van der Waals surface area contributed by atoms with Crippen LogP contribution in [-0.2, 0) is 0 Å². The molecule has 0 saturated heterocycles. The summed E-state index contributed by atoms with van der Waals surface area (Å²) in [4.78, 5) is 0. The van der Waals surface area contributed by atoms with Gasteiger partial charge in [-0.05, 0) is 5.92 Å². The Morgan fingerprint density at radius 1 is 1.40 bits per heavy atom. The summed E-state index contributed by atoms with van der Waals surface area (Å²) in [7, 11) is 0. The Hall–Kier alpha value is -0.920. The Morgan fingerprint density at radius 2 is 2.00 bits per heavy atom. The van der Waals surface area contributed by atoms with Crippen molar-refractivity contribution in [3.05, 3.63) is 0 Å². The summed E-state index contributed by atoms with van der Waals surface area (Å²) in [5.74, 6) is 5.55. The summed E-state index contributed by atoms with van der Waals surface area (Å²) >= 11 is 0. The lowest BCUT2D eigenvalue weighted by molar-refractivity contribution is 0.500. The van der Waals surface area contributed by atoms with Crippen LogP contribution in [-0.4, -0.2) is 12.6 Å². The van der Waals surface area contributed by atoms with Gasteiger partial charge in [-0.3, -0.25) is 5.32 Å². The van der Waals surface area contributed by atoms with E-state index in [2.05, 4.69) is 31.0 Å².